The van der Waals surface area contributed by atoms with Crippen LogP contribution in [-0.2, 0) is 11.2 Å². The highest BCUT2D eigenvalue weighted by molar-refractivity contribution is 5.78. The van der Waals surface area contributed by atoms with Gasteiger partial charge in [0.1, 0.15) is 0 Å². The van der Waals surface area contributed by atoms with Gasteiger partial charge in [-0.05, 0) is 31.5 Å². The Labute approximate surface area is 95.8 Å². The van der Waals surface area contributed by atoms with Gasteiger partial charge in [-0.2, -0.15) is 0 Å². The van der Waals surface area contributed by atoms with Gasteiger partial charge in [-0.3, -0.25) is 4.79 Å². The molecule has 16 heavy (non-hydrogen) atoms. The second-order valence-electron chi connectivity index (χ2n) is 4.70. The fraction of sp³-hybridized carbons (Fsp3) is 0.583. The Kier molecular flexibility index (Phi) is 3.29. The fourth-order valence-corrected chi connectivity index (χ4v) is 1.97. The lowest BCUT2D eigenvalue weighted by Crippen LogP contribution is -2.35. The van der Waals surface area contributed by atoms with Crippen molar-refractivity contribution in [2.24, 2.45) is 5.41 Å². The van der Waals surface area contributed by atoms with Gasteiger partial charge in [0, 0.05) is 30.9 Å². The summed E-state index contributed by atoms with van der Waals surface area (Å²) in [6.07, 6.45) is 6.61. The second-order valence-corrected chi connectivity index (χ2v) is 4.70. The Bertz CT molecular complexity index is 341. The maximum Gasteiger partial charge on any atom is 0.224 e. The van der Waals surface area contributed by atoms with E-state index in [2.05, 4.69) is 15.6 Å². The zero-order valence-corrected chi connectivity index (χ0v) is 9.68. The standard InChI is InChI=1S/C12H19N3O/c1-13-8-12(3-4-12)9-15-11(16)6-10-2-5-14-7-10/h2,5,7,13-14H,3-4,6,8-9H2,1H3,(H,15,16). The zero-order chi connectivity index (χ0) is 11.4. The first kappa shape index (κ1) is 11.2. The number of hydrogen-bond acceptors (Lipinski definition) is 2. The van der Waals surface area contributed by atoms with Gasteiger partial charge in [0.15, 0.2) is 0 Å². The number of carbonyl (C=O) groups excluding carboxylic acids is 1. The maximum atomic E-state index is 11.6. The molecule has 1 aliphatic rings. The highest BCUT2D eigenvalue weighted by Gasteiger charge is 2.41. The van der Waals surface area contributed by atoms with E-state index >= 15 is 0 Å². The predicted molar refractivity (Wildman–Crippen MR) is 63.1 cm³/mol. The van der Waals surface area contributed by atoms with Gasteiger partial charge in [-0.15, -0.1) is 0 Å². The van der Waals surface area contributed by atoms with Crippen LogP contribution in [-0.4, -0.2) is 31.0 Å². The van der Waals surface area contributed by atoms with Crippen LogP contribution in [0.25, 0.3) is 0 Å². The van der Waals surface area contributed by atoms with Crippen molar-refractivity contribution in [3.8, 4) is 0 Å². The SMILES string of the molecule is CNCC1(CNC(=O)Cc2cc[nH]c2)CC1. The molecule has 1 saturated carbocycles. The van der Waals surface area contributed by atoms with E-state index in [1.807, 2.05) is 25.5 Å². The summed E-state index contributed by atoms with van der Waals surface area (Å²) in [5.41, 5.74) is 1.37. The summed E-state index contributed by atoms with van der Waals surface area (Å²) < 4.78 is 0. The molecule has 0 atom stereocenters. The van der Waals surface area contributed by atoms with Crippen molar-refractivity contribution in [1.82, 2.24) is 15.6 Å². The Morgan fingerprint density at radius 3 is 2.88 bits per heavy atom. The zero-order valence-electron chi connectivity index (χ0n) is 9.68. The van der Waals surface area contributed by atoms with Crippen LogP contribution in [0.1, 0.15) is 18.4 Å². The number of rotatable bonds is 6. The quantitative estimate of drug-likeness (QED) is 0.661. The number of H-pyrrole nitrogens is 1. The second kappa shape index (κ2) is 4.70. The largest absolute Gasteiger partial charge is 0.367 e. The molecule has 0 radical (unpaired) electrons. The third-order valence-corrected chi connectivity index (χ3v) is 3.20. The number of nitrogens with one attached hydrogen (secondary N) is 3. The van der Waals surface area contributed by atoms with Gasteiger partial charge in [0.2, 0.25) is 5.91 Å². The van der Waals surface area contributed by atoms with Crippen LogP contribution in [0, 0.1) is 5.41 Å². The molecule has 0 unspecified atom stereocenters. The first-order chi connectivity index (χ1) is 7.74. The molecule has 1 heterocycles. The molecule has 1 aromatic heterocycles. The molecule has 1 amide bonds. The lowest BCUT2D eigenvalue weighted by atomic mass is 10.1. The van der Waals surface area contributed by atoms with Crippen LogP contribution >= 0.6 is 0 Å². The number of amides is 1. The van der Waals surface area contributed by atoms with E-state index in [1.54, 1.807) is 0 Å². The van der Waals surface area contributed by atoms with Crippen molar-refractivity contribution in [3.63, 3.8) is 0 Å². The Morgan fingerprint density at radius 2 is 2.31 bits per heavy atom. The fourth-order valence-electron chi connectivity index (χ4n) is 1.97. The number of hydrogen-bond donors (Lipinski definition) is 3. The molecule has 0 aliphatic heterocycles. The monoisotopic (exact) mass is 221 g/mol. The summed E-state index contributed by atoms with van der Waals surface area (Å²) in [7, 11) is 1.96. The van der Waals surface area contributed by atoms with Crippen molar-refractivity contribution >= 4 is 5.91 Å². The minimum absolute atomic E-state index is 0.113. The molecule has 88 valence electrons. The minimum atomic E-state index is 0.113. The molecule has 0 aromatic carbocycles. The third kappa shape index (κ3) is 2.85. The van der Waals surface area contributed by atoms with E-state index < -0.39 is 0 Å². The van der Waals surface area contributed by atoms with Crippen molar-refractivity contribution < 1.29 is 4.79 Å². The summed E-state index contributed by atoms with van der Waals surface area (Å²) in [6.45, 7) is 1.80. The van der Waals surface area contributed by atoms with E-state index in [-0.39, 0.29) is 5.91 Å². The molecule has 0 spiro atoms. The van der Waals surface area contributed by atoms with Gasteiger partial charge < -0.3 is 15.6 Å². The lowest BCUT2D eigenvalue weighted by molar-refractivity contribution is -0.120. The third-order valence-electron chi connectivity index (χ3n) is 3.20. The van der Waals surface area contributed by atoms with Crippen LogP contribution in [0.2, 0.25) is 0 Å². The Hall–Kier alpha value is -1.29. The first-order valence-electron chi connectivity index (χ1n) is 5.77. The lowest BCUT2D eigenvalue weighted by Gasteiger charge is -2.15. The van der Waals surface area contributed by atoms with Crippen LogP contribution in [0.15, 0.2) is 18.5 Å². The van der Waals surface area contributed by atoms with E-state index in [1.165, 1.54) is 12.8 Å². The normalized spacial score (nSPS) is 17.1. The van der Waals surface area contributed by atoms with Gasteiger partial charge >= 0.3 is 0 Å². The van der Waals surface area contributed by atoms with Crippen molar-refractivity contribution in [3.05, 3.63) is 24.0 Å². The highest BCUT2D eigenvalue weighted by atomic mass is 16.1. The molecule has 1 fully saturated rings. The first-order valence-corrected chi connectivity index (χ1v) is 5.77. The van der Waals surface area contributed by atoms with E-state index in [9.17, 15) is 4.79 Å². The molecule has 1 aliphatic carbocycles. The number of aromatic amines is 1. The van der Waals surface area contributed by atoms with Crippen LogP contribution in [0.4, 0.5) is 0 Å². The smallest absolute Gasteiger partial charge is 0.224 e. The van der Waals surface area contributed by atoms with Crippen LogP contribution < -0.4 is 10.6 Å². The summed E-state index contributed by atoms with van der Waals surface area (Å²) >= 11 is 0. The summed E-state index contributed by atoms with van der Waals surface area (Å²) in [4.78, 5) is 14.6. The molecule has 1 aromatic rings. The molecule has 0 bridgehead atoms. The highest BCUT2D eigenvalue weighted by Crippen LogP contribution is 2.44. The van der Waals surface area contributed by atoms with Crippen molar-refractivity contribution in [2.75, 3.05) is 20.1 Å². The van der Waals surface area contributed by atoms with E-state index in [4.69, 9.17) is 0 Å². The van der Waals surface area contributed by atoms with E-state index in [0.29, 0.717) is 11.8 Å². The summed E-state index contributed by atoms with van der Waals surface area (Å²) in [6, 6.07) is 1.93. The Balaban J connectivity index is 1.72. The molecule has 4 heteroatoms. The van der Waals surface area contributed by atoms with Gasteiger partial charge in [-0.1, -0.05) is 0 Å². The molecule has 4 nitrogen and oxygen atoms in total. The summed E-state index contributed by atoms with van der Waals surface area (Å²) in [5.74, 6) is 0.113. The average molecular weight is 221 g/mol. The van der Waals surface area contributed by atoms with Crippen LogP contribution in [0.3, 0.4) is 0 Å². The van der Waals surface area contributed by atoms with Gasteiger partial charge in [0.25, 0.3) is 0 Å². The molecule has 2 rings (SSSR count). The van der Waals surface area contributed by atoms with Crippen LogP contribution in [0.5, 0.6) is 0 Å². The topological polar surface area (TPSA) is 56.9 Å². The van der Waals surface area contributed by atoms with E-state index in [0.717, 1.165) is 18.7 Å². The molecular weight excluding hydrogens is 202 g/mol. The molecule has 0 saturated heterocycles. The summed E-state index contributed by atoms with van der Waals surface area (Å²) in [5, 5.41) is 6.20. The van der Waals surface area contributed by atoms with Crippen molar-refractivity contribution in [1.29, 1.82) is 0 Å². The maximum absolute atomic E-state index is 11.6. The minimum Gasteiger partial charge on any atom is -0.367 e. The number of carbonyl (C=O) groups is 1. The molecule has 3 N–H and O–H groups in total. The number of aromatic nitrogens is 1. The van der Waals surface area contributed by atoms with Gasteiger partial charge in [0.05, 0.1) is 6.42 Å². The Morgan fingerprint density at radius 1 is 1.50 bits per heavy atom. The molecular formula is C12H19N3O. The van der Waals surface area contributed by atoms with Crippen molar-refractivity contribution in [2.45, 2.75) is 19.3 Å². The average Bonchev–Trinajstić information content (AvgIpc) is 2.83. The van der Waals surface area contributed by atoms with Gasteiger partial charge in [-0.25, -0.2) is 0 Å². The predicted octanol–water partition coefficient (Wildman–Crippen LogP) is 0.673.